The number of carbonyl (C=O) groups excluding carboxylic acids is 2. The molecule has 0 saturated carbocycles. The number of hydrogen-bond acceptors (Lipinski definition) is 4. The molecule has 0 aliphatic heterocycles. The van der Waals surface area contributed by atoms with Crippen molar-refractivity contribution < 1.29 is 27.5 Å². The van der Waals surface area contributed by atoms with E-state index in [2.05, 4.69) is 15.6 Å². The van der Waals surface area contributed by atoms with Crippen LogP contribution in [0.1, 0.15) is 30.5 Å². The first-order chi connectivity index (χ1) is 19.2. The molecule has 8 nitrogen and oxygen atoms in total. The Balaban J connectivity index is 1.44. The van der Waals surface area contributed by atoms with Crippen LogP contribution in [-0.2, 0) is 22.7 Å². The highest BCUT2D eigenvalue weighted by molar-refractivity contribution is 5.90. The summed E-state index contributed by atoms with van der Waals surface area (Å²) in [7, 11) is 1.53. The molecule has 0 aliphatic rings. The zero-order chi connectivity index (χ0) is 28.6. The summed E-state index contributed by atoms with van der Waals surface area (Å²) in [6.45, 7) is -0.153. The molecule has 4 rings (SSSR count). The first kappa shape index (κ1) is 28.2. The van der Waals surface area contributed by atoms with Gasteiger partial charge in [0.05, 0.1) is 12.1 Å². The minimum Gasteiger partial charge on any atom is -0.486 e. The van der Waals surface area contributed by atoms with Crippen molar-refractivity contribution in [3.8, 4) is 5.75 Å². The number of halogens is 3. The highest BCUT2D eigenvalue weighted by Crippen LogP contribution is 2.29. The van der Waals surface area contributed by atoms with Gasteiger partial charge in [0.1, 0.15) is 35.5 Å². The zero-order valence-electron chi connectivity index (χ0n) is 21.6. The summed E-state index contributed by atoms with van der Waals surface area (Å²) >= 11 is 0. The van der Waals surface area contributed by atoms with Crippen molar-refractivity contribution in [2.24, 2.45) is 0 Å². The van der Waals surface area contributed by atoms with Gasteiger partial charge in [0.25, 0.3) is 5.56 Å². The Morgan fingerprint density at radius 3 is 2.67 bits per heavy atom. The molecular weight excluding hydrogens is 525 g/mol. The van der Waals surface area contributed by atoms with Crippen LogP contribution in [0.5, 0.6) is 5.75 Å². The van der Waals surface area contributed by atoms with Crippen molar-refractivity contribution in [3.05, 3.63) is 106 Å². The molecule has 0 unspecified atom stereocenters. The minimum atomic E-state index is -0.774. The third kappa shape index (κ3) is 7.19. The van der Waals surface area contributed by atoms with Crippen LogP contribution in [0.3, 0.4) is 0 Å². The SMILES string of the molecule is CNC(=O)/C=C/CCCC(=O)Nc1cccn(Cc2cc3cc(F)cc(OCc4ccc(F)cc4F)c3[nH]2)c1=O. The molecule has 0 radical (unpaired) electrons. The number of benzene rings is 2. The Kier molecular flexibility index (Phi) is 9.05. The summed E-state index contributed by atoms with van der Waals surface area (Å²) in [6.07, 6.45) is 5.83. The van der Waals surface area contributed by atoms with Crippen LogP contribution in [0.4, 0.5) is 18.9 Å². The molecule has 0 saturated heterocycles. The number of fused-ring (bicyclic) bond motifs is 1. The number of pyridine rings is 1. The number of allylic oxidation sites excluding steroid dienone is 1. The van der Waals surface area contributed by atoms with Gasteiger partial charge >= 0.3 is 0 Å². The number of rotatable bonds is 11. The van der Waals surface area contributed by atoms with Gasteiger partial charge in [0.15, 0.2) is 0 Å². The summed E-state index contributed by atoms with van der Waals surface area (Å²) in [6, 6.07) is 10.3. The Hall–Kier alpha value is -4.80. The first-order valence-corrected chi connectivity index (χ1v) is 12.5. The van der Waals surface area contributed by atoms with E-state index in [9.17, 15) is 27.6 Å². The second-order valence-corrected chi connectivity index (χ2v) is 9.00. The number of ether oxygens (including phenoxy) is 1. The van der Waals surface area contributed by atoms with Crippen LogP contribution < -0.4 is 20.9 Å². The van der Waals surface area contributed by atoms with E-state index in [0.29, 0.717) is 29.4 Å². The Morgan fingerprint density at radius 2 is 1.90 bits per heavy atom. The molecule has 2 aromatic heterocycles. The van der Waals surface area contributed by atoms with E-state index in [-0.39, 0.29) is 48.4 Å². The fourth-order valence-corrected chi connectivity index (χ4v) is 4.03. The molecular formula is C29H27F3N4O4. The predicted molar refractivity (Wildman–Crippen MR) is 144 cm³/mol. The quantitative estimate of drug-likeness (QED) is 0.184. The lowest BCUT2D eigenvalue weighted by atomic mass is 10.2. The zero-order valence-corrected chi connectivity index (χ0v) is 21.6. The van der Waals surface area contributed by atoms with Crippen LogP contribution in [0.25, 0.3) is 10.9 Å². The number of hydrogen-bond donors (Lipinski definition) is 3. The van der Waals surface area contributed by atoms with E-state index in [1.165, 1.54) is 35.9 Å². The van der Waals surface area contributed by atoms with Gasteiger partial charge in [-0.3, -0.25) is 14.4 Å². The smallest absolute Gasteiger partial charge is 0.274 e. The van der Waals surface area contributed by atoms with Crippen molar-refractivity contribution >= 4 is 28.4 Å². The highest BCUT2D eigenvalue weighted by atomic mass is 19.1. The third-order valence-electron chi connectivity index (χ3n) is 6.04. The maximum Gasteiger partial charge on any atom is 0.274 e. The highest BCUT2D eigenvalue weighted by Gasteiger charge is 2.13. The molecule has 11 heteroatoms. The van der Waals surface area contributed by atoms with Gasteiger partial charge in [-0.15, -0.1) is 0 Å². The number of likely N-dealkylation sites (N-methyl/N-ethyl adjacent to an activating group) is 1. The van der Waals surface area contributed by atoms with Gasteiger partial charge in [0, 0.05) is 48.4 Å². The summed E-state index contributed by atoms with van der Waals surface area (Å²) in [5.74, 6) is -2.48. The second kappa shape index (κ2) is 12.8. The van der Waals surface area contributed by atoms with E-state index in [0.717, 1.165) is 18.2 Å². The van der Waals surface area contributed by atoms with Crippen LogP contribution in [0.15, 0.2) is 71.7 Å². The van der Waals surface area contributed by atoms with Gasteiger partial charge in [-0.2, -0.15) is 0 Å². The molecule has 2 aromatic carbocycles. The number of nitrogens with one attached hydrogen (secondary N) is 3. The predicted octanol–water partition coefficient (Wildman–Crippen LogP) is 4.79. The molecule has 208 valence electrons. The van der Waals surface area contributed by atoms with Crippen molar-refractivity contribution in [1.29, 1.82) is 0 Å². The second-order valence-electron chi connectivity index (χ2n) is 9.00. The molecule has 0 spiro atoms. The average Bonchev–Trinajstić information content (AvgIpc) is 3.32. The van der Waals surface area contributed by atoms with Crippen LogP contribution in [0, 0.1) is 17.5 Å². The number of anilines is 1. The summed E-state index contributed by atoms with van der Waals surface area (Å²) in [5, 5.41) is 5.56. The maximum atomic E-state index is 14.3. The van der Waals surface area contributed by atoms with E-state index in [1.54, 1.807) is 24.4 Å². The number of carbonyl (C=O) groups is 2. The summed E-state index contributed by atoms with van der Waals surface area (Å²) in [5.41, 5.74) is 0.800. The van der Waals surface area contributed by atoms with E-state index in [4.69, 9.17) is 4.74 Å². The number of unbranched alkanes of at least 4 members (excludes halogenated alkanes) is 1. The third-order valence-corrected chi connectivity index (χ3v) is 6.04. The Labute approximate surface area is 227 Å². The largest absolute Gasteiger partial charge is 0.486 e. The number of H-pyrrole nitrogens is 1. The summed E-state index contributed by atoms with van der Waals surface area (Å²) < 4.78 is 48.5. The normalized spacial score (nSPS) is 11.2. The van der Waals surface area contributed by atoms with E-state index in [1.807, 2.05) is 0 Å². The van der Waals surface area contributed by atoms with E-state index < -0.39 is 23.0 Å². The molecule has 0 aliphatic carbocycles. The lowest BCUT2D eigenvalue weighted by Crippen LogP contribution is -2.25. The molecule has 3 N–H and O–H groups in total. The van der Waals surface area contributed by atoms with Gasteiger partial charge in [-0.1, -0.05) is 6.08 Å². The molecule has 2 amide bonds. The van der Waals surface area contributed by atoms with Gasteiger partial charge in [-0.05, 0) is 55.3 Å². The topological polar surface area (TPSA) is 105 Å². The van der Waals surface area contributed by atoms with Crippen molar-refractivity contribution in [1.82, 2.24) is 14.9 Å². The fraction of sp³-hybridized carbons (Fsp3) is 0.207. The van der Waals surface area contributed by atoms with E-state index >= 15 is 0 Å². The lowest BCUT2D eigenvalue weighted by Gasteiger charge is -2.09. The Bertz CT molecular complexity index is 1630. The maximum absolute atomic E-state index is 14.3. The molecule has 0 bridgehead atoms. The van der Waals surface area contributed by atoms with Gasteiger partial charge in [-0.25, -0.2) is 13.2 Å². The average molecular weight is 553 g/mol. The lowest BCUT2D eigenvalue weighted by molar-refractivity contribution is -0.116. The van der Waals surface area contributed by atoms with Crippen molar-refractivity contribution in [2.75, 3.05) is 12.4 Å². The molecule has 0 fully saturated rings. The molecule has 2 heterocycles. The van der Waals surface area contributed by atoms with Crippen LogP contribution in [-0.4, -0.2) is 28.4 Å². The van der Waals surface area contributed by atoms with Crippen LogP contribution in [0.2, 0.25) is 0 Å². The number of aromatic amines is 1. The number of nitrogens with zero attached hydrogens (tertiary/aromatic N) is 1. The van der Waals surface area contributed by atoms with Crippen molar-refractivity contribution in [2.45, 2.75) is 32.4 Å². The minimum absolute atomic E-state index is 0.0924. The van der Waals surface area contributed by atoms with Gasteiger partial charge < -0.3 is 24.9 Å². The fourth-order valence-electron chi connectivity index (χ4n) is 4.03. The summed E-state index contributed by atoms with van der Waals surface area (Å²) in [4.78, 5) is 39.6. The monoisotopic (exact) mass is 552 g/mol. The Morgan fingerprint density at radius 1 is 1.07 bits per heavy atom. The molecule has 0 atom stereocenters. The van der Waals surface area contributed by atoms with Crippen LogP contribution >= 0.6 is 0 Å². The first-order valence-electron chi connectivity index (χ1n) is 12.5. The van der Waals surface area contributed by atoms with Crippen molar-refractivity contribution in [3.63, 3.8) is 0 Å². The molecule has 4 aromatic rings. The molecule has 40 heavy (non-hydrogen) atoms. The van der Waals surface area contributed by atoms with Gasteiger partial charge in [0.2, 0.25) is 11.8 Å². The number of amides is 2. The standard InChI is InChI=1S/C29H27F3N4O4/c1-33-26(37)7-3-2-4-8-27(38)35-24-6-5-11-36(29(24)39)16-22-13-19-12-21(31)15-25(28(19)34-22)40-17-18-9-10-20(30)14-23(18)32/h3,5-7,9-15,34H,2,4,8,16-17H2,1H3,(H,33,37)(H,35,38)/b7-3+. The number of aromatic nitrogens is 2.